The Bertz CT molecular complexity index is 232. The second-order valence-electron chi connectivity index (χ2n) is 3.96. The van der Waals surface area contributed by atoms with E-state index < -0.39 is 12.2 Å². The van der Waals surface area contributed by atoms with Crippen LogP contribution in [0.3, 0.4) is 0 Å². The van der Waals surface area contributed by atoms with E-state index in [1.54, 1.807) is 0 Å². The van der Waals surface area contributed by atoms with Crippen molar-refractivity contribution in [2.24, 2.45) is 0 Å². The van der Waals surface area contributed by atoms with Gasteiger partial charge in [-0.15, -0.1) is 0 Å². The van der Waals surface area contributed by atoms with Crippen molar-refractivity contribution in [3.05, 3.63) is 0 Å². The van der Waals surface area contributed by atoms with Crippen molar-refractivity contribution in [1.29, 1.82) is 0 Å². The quantitative estimate of drug-likeness (QED) is 0.453. The van der Waals surface area contributed by atoms with Crippen LogP contribution in [0.5, 0.6) is 0 Å². The molecule has 0 aromatic heterocycles. The summed E-state index contributed by atoms with van der Waals surface area (Å²) in [6.07, 6.45) is -1.64. The van der Waals surface area contributed by atoms with Crippen LogP contribution in [0.2, 0.25) is 0 Å². The Hall–Kier alpha value is -0.690. The van der Waals surface area contributed by atoms with Gasteiger partial charge in [-0.05, 0) is 0 Å². The van der Waals surface area contributed by atoms with Crippen molar-refractivity contribution in [3.63, 3.8) is 0 Å². The third-order valence-corrected chi connectivity index (χ3v) is 2.79. The predicted octanol–water partition coefficient (Wildman–Crippen LogP) is -2.46. The molecule has 0 saturated carbocycles. The summed E-state index contributed by atoms with van der Waals surface area (Å²) in [5, 5.41) is 21.7. The highest BCUT2D eigenvalue weighted by Crippen LogP contribution is 2.12. The number of nitrogens with one attached hydrogen (secondary N) is 1. The van der Waals surface area contributed by atoms with Crippen LogP contribution in [0.1, 0.15) is 0 Å². The highest BCUT2D eigenvalue weighted by molar-refractivity contribution is 5.82. The molecule has 2 saturated heterocycles. The molecule has 0 aliphatic carbocycles. The Balaban J connectivity index is 1.90. The molecule has 0 radical (unpaired) electrons. The zero-order valence-corrected chi connectivity index (χ0v) is 8.43. The molecule has 6 nitrogen and oxygen atoms in total. The number of ether oxygens (including phenoxy) is 1. The summed E-state index contributed by atoms with van der Waals surface area (Å²) in [7, 11) is 0. The molecule has 0 aromatic rings. The number of aliphatic hydroxyl groups is 2. The first-order valence-electron chi connectivity index (χ1n) is 5.14. The van der Waals surface area contributed by atoms with Crippen LogP contribution in [0.4, 0.5) is 0 Å². The summed E-state index contributed by atoms with van der Waals surface area (Å²) in [6, 6.07) is -0.337. The number of nitrogens with zero attached hydrogens (tertiary/aromatic N) is 1. The number of morpholine rings is 1. The van der Waals surface area contributed by atoms with Crippen LogP contribution in [0.25, 0.3) is 0 Å². The SMILES string of the molecule is O=C(C1COCCN1)N1C[C@@H](O)[C@@H](O)C1. The second kappa shape index (κ2) is 4.44. The Labute approximate surface area is 87.8 Å². The lowest BCUT2D eigenvalue weighted by Crippen LogP contribution is -2.52. The van der Waals surface area contributed by atoms with Gasteiger partial charge in [-0.1, -0.05) is 0 Å². The number of rotatable bonds is 1. The van der Waals surface area contributed by atoms with E-state index >= 15 is 0 Å². The summed E-state index contributed by atoms with van der Waals surface area (Å²) >= 11 is 0. The Morgan fingerprint density at radius 3 is 2.53 bits per heavy atom. The van der Waals surface area contributed by atoms with Crippen LogP contribution in [-0.4, -0.2) is 72.1 Å². The van der Waals surface area contributed by atoms with E-state index in [9.17, 15) is 15.0 Å². The summed E-state index contributed by atoms with van der Waals surface area (Å²) < 4.78 is 5.18. The molecule has 2 heterocycles. The summed E-state index contributed by atoms with van der Waals surface area (Å²) in [6.45, 7) is 2.06. The first kappa shape index (κ1) is 10.8. The number of aliphatic hydroxyl groups excluding tert-OH is 2. The van der Waals surface area contributed by atoms with E-state index in [1.165, 1.54) is 4.90 Å². The van der Waals surface area contributed by atoms with Gasteiger partial charge < -0.3 is 25.2 Å². The molecule has 86 valence electrons. The van der Waals surface area contributed by atoms with Crippen LogP contribution in [0.15, 0.2) is 0 Å². The molecular formula is C9H16N2O4. The molecule has 2 rings (SSSR count). The Morgan fingerprint density at radius 1 is 1.33 bits per heavy atom. The van der Waals surface area contributed by atoms with Gasteiger partial charge in [0.15, 0.2) is 0 Å². The molecule has 0 spiro atoms. The Kier molecular flexibility index (Phi) is 3.20. The van der Waals surface area contributed by atoms with Crippen molar-refractivity contribution >= 4 is 5.91 Å². The molecule has 0 aromatic carbocycles. The minimum atomic E-state index is -0.821. The normalized spacial score (nSPS) is 36.9. The number of carbonyl (C=O) groups excluding carboxylic acids is 1. The average Bonchev–Trinajstić information content (AvgIpc) is 2.59. The fourth-order valence-electron chi connectivity index (χ4n) is 1.89. The minimum absolute atomic E-state index is 0.106. The topological polar surface area (TPSA) is 82.0 Å². The van der Waals surface area contributed by atoms with E-state index in [-0.39, 0.29) is 25.0 Å². The highest BCUT2D eigenvalue weighted by atomic mass is 16.5. The van der Waals surface area contributed by atoms with E-state index in [0.29, 0.717) is 19.8 Å². The lowest BCUT2D eigenvalue weighted by molar-refractivity contribution is -0.135. The van der Waals surface area contributed by atoms with Crippen molar-refractivity contribution in [2.45, 2.75) is 18.2 Å². The highest BCUT2D eigenvalue weighted by Gasteiger charge is 2.35. The van der Waals surface area contributed by atoms with Gasteiger partial charge in [0, 0.05) is 19.6 Å². The summed E-state index contributed by atoms with van der Waals surface area (Å²) in [5.41, 5.74) is 0. The summed E-state index contributed by atoms with van der Waals surface area (Å²) in [5.74, 6) is -0.106. The van der Waals surface area contributed by atoms with Crippen molar-refractivity contribution in [1.82, 2.24) is 10.2 Å². The third kappa shape index (κ3) is 2.28. The van der Waals surface area contributed by atoms with Gasteiger partial charge in [0.25, 0.3) is 0 Å². The molecule has 3 N–H and O–H groups in total. The fraction of sp³-hybridized carbons (Fsp3) is 0.889. The number of amides is 1. The van der Waals surface area contributed by atoms with Crippen LogP contribution in [0, 0.1) is 0 Å². The van der Waals surface area contributed by atoms with Gasteiger partial charge in [0.05, 0.1) is 25.4 Å². The van der Waals surface area contributed by atoms with Crippen molar-refractivity contribution in [3.8, 4) is 0 Å². The van der Waals surface area contributed by atoms with E-state index in [2.05, 4.69) is 5.32 Å². The fourth-order valence-corrected chi connectivity index (χ4v) is 1.89. The minimum Gasteiger partial charge on any atom is -0.388 e. The average molecular weight is 216 g/mol. The molecule has 0 bridgehead atoms. The lowest BCUT2D eigenvalue weighted by atomic mass is 10.2. The Morgan fingerprint density at radius 2 is 2.00 bits per heavy atom. The van der Waals surface area contributed by atoms with E-state index in [1.807, 2.05) is 0 Å². The van der Waals surface area contributed by atoms with Gasteiger partial charge in [-0.3, -0.25) is 4.79 Å². The van der Waals surface area contributed by atoms with E-state index in [4.69, 9.17) is 4.74 Å². The second-order valence-corrected chi connectivity index (χ2v) is 3.96. The zero-order valence-electron chi connectivity index (χ0n) is 8.43. The number of likely N-dealkylation sites (tertiary alicyclic amines) is 1. The first-order valence-corrected chi connectivity index (χ1v) is 5.14. The summed E-state index contributed by atoms with van der Waals surface area (Å²) in [4.78, 5) is 13.3. The largest absolute Gasteiger partial charge is 0.388 e. The number of β-amino-alcohol motifs (C(OH)–C–C–N with tert-alkyl or cyclic N) is 2. The smallest absolute Gasteiger partial charge is 0.242 e. The maximum Gasteiger partial charge on any atom is 0.242 e. The van der Waals surface area contributed by atoms with Gasteiger partial charge >= 0.3 is 0 Å². The third-order valence-electron chi connectivity index (χ3n) is 2.79. The maximum atomic E-state index is 11.9. The molecule has 1 unspecified atom stereocenters. The molecule has 15 heavy (non-hydrogen) atoms. The van der Waals surface area contributed by atoms with Crippen LogP contribution in [-0.2, 0) is 9.53 Å². The molecule has 2 aliphatic rings. The number of carbonyl (C=O) groups is 1. The van der Waals surface area contributed by atoms with Crippen LogP contribution >= 0.6 is 0 Å². The predicted molar refractivity (Wildman–Crippen MR) is 51.2 cm³/mol. The molecule has 3 atom stereocenters. The standard InChI is InChI=1S/C9H16N2O4/c12-7-3-11(4-8(7)13)9(14)6-5-15-2-1-10-6/h6-8,10,12-13H,1-5H2/t6?,7-,8+. The van der Waals surface area contributed by atoms with Gasteiger partial charge in [0.2, 0.25) is 5.91 Å². The lowest BCUT2D eigenvalue weighted by Gasteiger charge is -2.27. The number of hydrogen-bond donors (Lipinski definition) is 3. The van der Waals surface area contributed by atoms with Gasteiger partial charge in [-0.25, -0.2) is 0 Å². The molecule has 1 amide bonds. The first-order chi connectivity index (χ1) is 7.18. The maximum absolute atomic E-state index is 11.9. The van der Waals surface area contributed by atoms with Gasteiger partial charge in [-0.2, -0.15) is 0 Å². The van der Waals surface area contributed by atoms with Crippen LogP contribution < -0.4 is 5.32 Å². The van der Waals surface area contributed by atoms with Gasteiger partial charge in [0.1, 0.15) is 6.04 Å². The van der Waals surface area contributed by atoms with E-state index in [0.717, 1.165) is 0 Å². The number of hydrogen-bond acceptors (Lipinski definition) is 5. The zero-order chi connectivity index (χ0) is 10.8. The molecule has 6 heteroatoms. The monoisotopic (exact) mass is 216 g/mol. The van der Waals surface area contributed by atoms with Crippen molar-refractivity contribution < 1.29 is 19.7 Å². The van der Waals surface area contributed by atoms with Crippen molar-refractivity contribution in [2.75, 3.05) is 32.8 Å². The molecular weight excluding hydrogens is 200 g/mol. The molecule has 2 fully saturated rings. The molecule has 2 aliphatic heterocycles.